The number of carbonyl (C=O) groups is 2. The van der Waals surface area contributed by atoms with Gasteiger partial charge in [0.05, 0.1) is 13.0 Å². The lowest BCUT2D eigenvalue weighted by Gasteiger charge is -2.21. The summed E-state index contributed by atoms with van der Waals surface area (Å²) in [4.78, 5) is 28.6. The lowest BCUT2D eigenvalue weighted by molar-refractivity contribution is -0.124. The van der Waals surface area contributed by atoms with Crippen LogP contribution in [0.5, 0.6) is 5.75 Å². The second-order valence-electron chi connectivity index (χ2n) is 5.82. The molecular weight excluding hydrogens is 351 g/mol. The molecule has 1 aliphatic rings. The molecule has 0 saturated heterocycles. The van der Waals surface area contributed by atoms with E-state index in [9.17, 15) is 14.0 Å². The predicted molar refractivity (Wildman–Crippen MR) is 100 cm³/mol. The molecule has 3 N–H and O–H groups in total. The molecule has 0 aliphatic carbocycles. The normalized spacial score (nSPS) is 16.1. The maximum absolute atomic E-state index is 13.0. The third-order valence-electron chi connectivity index (χ3n) is 3.76. The second kappa shape index (κ2) is 8.31. The smallest absolute Gasteiger partial charge is 0.249 e. The number of carbonyl (C=O) groups excluding carboxylic acids is 2. The lowest BCUT2D eigenvalue weighted by Crippen LogP contribution is -2.45. The molecule has 0 bridgehead atoms. The Balaban J connectivity index is 1.68. The Morgan fingerprint density at radius 3 is 2.52 bits per heavy atom. The summed E-state index contributed by atoms with van der Waals surface area (Å²) in [5, 5.41) is 8.20. The fourth-order valence-corrected chi connectivity index (χ4v) is 2.50. The number of anilines is 2. The SMILES string of the molecule is CCOc1ccc(NC2=N[C@H](C(=O)Nc3ccc(F)cc3)CC(=O)N2)cc1. The Morgan fingerprint density at radius 2 is 1.85 bits per heavy atom. The van der Waals surface area contributed by atoms with Crippen LogP contribution in [0.2, 0.25) is 0 Å². The van der Waals surface area contributed by atoms with Gasteiger partial charge >= 0.3 is 0 Å². The Morgan fingerprint density at radius 1 is 1.19 bits per heavy atom. The van der Waals surface area contributed by atoms with Crippen LogP contribution in [-0.4, -0.2) is 30.4 Å². The topological polar surface area (TPSA) is 91.8 Å². The lowest BCUT2D eigenvalue weighted by atomic mass is 10.1. The number of benzene rings is 2. The van der Waals surface area contributed by atoms with Crippen LogP contribution in [-0.2, 0) is 9.59 Å². The maximum atomic E-state index is 13.0. The van der Waals surface area contributed by atoms with Gasteiger partial charge in [0.2, 0.25) is 17.8 Å². The molecule has 0 fully saturated rings. The largest absolute Gasteiger partial charge is 0.494 e. The summed E-state index contributed by atoms with van der Waals surface area (Å²) in [5.41, 5.74) is 1.13. The van der Waals surface area contributed by atoms with E-state index < -0.39 is 17.8 Å². The summed E-state index contributed by atoms with van der Waals surface area (Å²) in [5.74, 6) is -0.242. The Bertz CT molecular complexity index is 850. The van der Waals surface area contributed by atoms with Crippen molar-refractivity contribution in [2.75, 3.05) is 17.2 Å². The van der Waals surface area contributed by atoms with Crippen molar-refractivity contribution in [3.05, 3.63) is 54.3 Å². The molecule has 0 saturated carbocycles. The van der Waals surface area contributed by atoms with Crippen molar-refractivity contribution in [1.29, 1.82) is 0 Å². The zero-order valence-corrected chi connectivity index (χ0v) is 14.7. The molecule has 0 unspecified atom stereocenters. The molecular formula is C19H19FN4O3. The minimum atomic E-state index is -0.881. The number of nitrogens with zero attached hydrogens (tertiary/aromatic N) is 1. The van der Waals surface area contributed by atoms with Crippen molar-refractivity contribution in [1.82, 2.24) is 5.32 Å². The molecule has 2 amide bonds. The van der Waals surface area contributed by atoms with E-state index in [1.807, 2.05) is 6.92 Å². The van der Waals surface area contributed by atoms with Crippen molar-refractivity contribution in [2.45, 2.75) is 19.4 Å². The van der Waals surface area contributed by atoms with E-state index in [0.29, 0.717) is 18.0 Å². The third kappa shape index (κ3) is 5.04. The number of halogens is 1. The zero-order valence-electron chi connectivity index (χ0n) is 14.7. The number of aliphatic imine (C=N–C) groups is 1. The molecule has 2 aromatic carbocycles. The van der Waals surface area contributed by atoms with E-state index in [1.165, 1.54) is 24.3 Å². The summed E-state index contributed by atoms with van der Waals surface area (Å²) in [7, 11) is 0. The average Bonchev–Trinajstić information content (AvgIpc) is 2.65. The number of amides is 2. The molecule has 1 heterocycles. The first-order chi connectivity index (χ1) is 13.0. The van der Waals surface area contributed by atoms with Crippen LogP contribution < -0.4 is 20.7 Å². The van der Waals surface area contributed by atoms with Crippen LogP contribution in [0.4, 0.5) is 15.8 Å². The highest BCUT2D eigenvalue weighted by Crippen LogP contribution is 2.17. The van der Waals surface area contributed by atoms with Crippen LogP contribution >= 0.6 is 0 Å². The van der Waals surface area contributed by atoms with Gasteiger partial charge in [0.1, 0.15) is 17.6 Å². The van der Waals surface area contributed by atoms with E-state index in [1.54, 1.807) is 24.3 Å². The average molecular weight is 370 g/mol. The number of hydrogen-bond acceptors (Lipinski definition) is 5. The van der Waals surface area contributed by atoms with Gasteiger partial charge < -0.3 is 15.4 Å². The molecule has 1 atom stereocenters. The summed E-state index contributed by atoms with van der Waals surface area (Å²) < 4.78 is 18.3. The van der Waals surface area contributed by atoms with Crippen molar-refractivity contribution < 1.29 is 18.7 Å². The number of nitrogens with one attached hydrogen (secondary N) is 3. The molecule has 140 valence electrons. The van der Waals surface area contributed by atoms with Gasteiger partial charge in [0, 0.05) is 11.4 Å². The van der Waals surface area contributed by atoms with Gasteiger partial charge in [-0.25, -0.2) is 9.38 Å². The van der Waals surface area contributed by atoms with Gasteiger partial charge in [-0.3, -0.25) is 14.9 Å². The standard InChI is InChI=1S/C19H19FN4O3/c1-2-27-15-9-7-14(8-10-15)22-19-23-16(11-17(25)24-19)18(26)21-13-5-3-12(20)4-6-13/h3-10,16H,2,11H2,1H3,(H,21,26)(H2,22,23,24,25)/t16-/m0/s1. The van der Waals surface area contributed by atoms with Gasteiger partial charge in [0.15, 0.2) is 0 Å². The molecule has 0 radical (unpaired) electrons. The first kappa shape index (κ1) is 18.4. The van der Waals surface area contributed by atoms with Gasteiger partial charge in [-0.05, 0) is 55.5 Å². The van der Waals surface area contributed by atoms with Crippen molar-refractivity contribution in [3.8, 4) is 5.75 Å². The monoisotopic (exact) mass is 370 g/mol. The second-order valence-corrected chi connectivity index (χ2v) is 5.82. The number of rotatable bonds is 5. The van der Waals surface area contributed by atoms with E-state index in [4.69, 9.17) is 4.74 Å². The highest BCUT2D eigenvalue weighted by atomic mass is 19.1. The first-order valence-electron chi connectivity index (χ1n) is 8.47. The Kier molecular flexibility index (Phi) is 5.65. The number of guanidine groups is 1. The van der Waals surface area contributed by atoms with E-state index in [0.717, 1.165) is 5.75 Å². The highest BCUT2D eigenvalue weighted by Gasteiger charge is 2.27. The fraction of sp³-hybridized carbons (Fsp3) is 0.211. The van der Waals surface area contributed by atoms with Crippen molar-refractivity contribution in [3.63, 3.8) is 0 Å². The quantitative estimate of drug-likeness (QED) is 0.754. The number of ether oxygens (including phenoxy) is 1. The molecule has 2 aromatic rings. The minimum Gasteiger partial charge on any atom is -0.494 e. The predicted octanol–water partition coefficient (Wildman–Crippen LogP) is 2.52. The van der Waals surface area contributed by atoms with Gasteiger partial charge in [-0.1, -0.05) is 0 Å². The van der Waals surface area contributed by atoms with Crippen molar-refractivity contribution in [2.24, 2.45) is 4.99 Å². The number of hydrogen-bond donors (Lipinski definition) is 3. The van der Waals surface area contributed by atoms with Crippen LogP contribution in [0, 0.1) is 5.82 Å². The van der Waals surface area contributed by atoms with Crippen LogP contribution in [0.25, 0.3) is 0 Å². The zero-order chi connectivity index (χ0) is 19.2. The van der Waals surface area contributed by atoms with Crippen LogP contribution in [0.1, 0.15) is 13.3 Å². The molecule has 0 spiro atoms. The van der Waals surface area contributed by atoms with Crippen LogP contribution in [0.3, 0.4) is 0 Å². The molecule has 3 rings (SSSR count). The fourth-order valence-electron chi connectivity index (χ4n) is 2.50. The van der Waals surface area contributed by atoms with E-state index >= 15 is 0 Å². The van der Waals surface area contributed by atoms with E-state index in [2.05, 4.69) is 20.9 Å². The Hall–Kier alpha value is -3.42. The molecule has 27 heavy (non-hydrogen) atoms. The molecule has 0 aromatic heterocycles. The van der Waals surface area contributed by atoms with Gasteiger partial charge in [-0.2, -0.15) is 0 Å². The van der Waals surface area contributed by atoms with E-state index in [-0.39, 0.29) is 18.3 Å². The first-order valence-corrected chi connectivity index (χ1v) is 8.47. The summed E-state index contributed by atoms with van der Waals surface area (Å²) >= 11 is 0. The van der Waals surface area contributed by atoms with Crippen LogP contribution in [0.15, 0.2) is 53.5 Å². The molecule has 7 nitrogen and oxygen atoms in total. The van der Waals surface area contributed by atoms with Crippen molar-refractivity contribution >= 4 is 29.1 Å². The molecule has 8 heteroatoms. The minimum absolute atomic E-state index is 0.0680. The molecule has 1 aliphatic heterocycles. The summed E-state index contributed by atoms with van der Waals surface area (Å²) in [6.45, 7) is 2.47. The van der Waals surface area contributed by atoms with Gasteiger partial charge in [-0.15, -0.1) is 0 Å². The maximum Gasteiger partial charge on any atom is 0.249 e. The Labute approximate surface area is 155 Å². The highest BCUT2D eigenvalue weighted by molar-refractivity contribution is 6.10. The van der Waals surface area contributed by atoms with Gasteiger partial charge in [0.25, 0.3) is 0 Å². The third-order valence-corrected chi connectivity index (χ3v) is 3.76. The summed E-state index contributed by atoms with van der Waals surface area (Å²) in [6.07, 6.45) is -0.0680. The summed E-state index contributed by atoms with van der Waals surface area (Å²) in [6, 6.07) is 11.6.